The van der Waals surface area contributed by atoms with Gasteiger partial charge in [-0.1, -0.05) is 32.3 Å². The topological polar surface area (TPSA) is 59.1 Å². The summed E-state index contributed by atoms with van der Waals surface area (Å²) in [5.74, 6) is 1.64. The number of nitrogens with zero attached hydrogens (tertiary/aromatic N) is 2. The van der Waals surface area contributed by atoms with E-state index in [1.165, 1.54) is 10.4 Å². The lowest BCUT2D eigenvalue weighted by Gasteiger charge is -2.29. The van der Waals surface area contributed by atoms with Crippen molar-refractivity contribution >= 4 is 23.2 Å². The smallest absolute Gasteiger partial charge is 0.242 e. The molecule has 1 aliphatic carbocycles. The number of amides is 2. The largest absolute Gasteiger partial charge is 0.493 e. The van der Waals surface area contributed by atoms with E-state index in [4.69, 9.17) is 9.47 Å². The molecule has 0 radical (unpaired) electrons. The van der Waals surface area contributed by atoms with Crippen LogP contribution in [0.2, 0.25) is 0 Å². The van der Waals surface area contributed by atoms with Gasteiger partial charge in [0.25, 0.3) is 0 Å². The van der Waals surface area contributed by atoms with Gasteiger partial charge >= 0.3 is 0 Å². The molecular formula is C28H40N2O4S. The fourth-order valence-electron chi connectivity index (χ4n) is 4.64. The van der Waals surface area contributed by atoms with E-state index in [2.05, 4.69) is 25.3 Å². The van der Waals surface area contributed by atoms with E-state index < -0.39 is 0 Å². The molecule has 1 heterocycles. The fraction of sp³-hybridized carbons (Fsp3) is 0.571. The molecule has 1 saturated carbocycles. The van der Waals surface area contributed by atoms with Crippen molar-refractivity contribution in [3.05, 3.63) is 45.6 Å². The maximum atomic E-state index is 13.6. The van der Waals surface area contributed by atoms with Crippen molar-refractivity contribution in [1.29, 1.82) is 0 Å². The van der Waals surface area contributed by atoms with Crippen molar-refractivity contribution in [3.8, 4) is 11.5 Å². The van der Waals surface area contributed by atoms with Crippen LogP contribution in [-0.2, 0) is 22.6 Å². The molecule has 7 heteroatoms. The monoisotopic (exact) mass is 500 g/mol. The molecule has 1 fully saturated rings. The number of methoxy groups -OCH3 is 2. The van der Waals surface area contributed by atoms with Gasteiger partial charge in [-0.15, -0.1) is 11.3 Å². The first-order valence-electron chi connectivity index (χ1n) is 12.8. The number of aryl methyl sites for hydroxylation is 1. The van der Waals surface area contributed by atoms with Gasteiger partial charge in [-0.2, -0.15) is 0 Å². The Morgan fingerprint density at radius 3 is 2.40 bits per heavy atom. The zero-order valence-corrected chi connectivity index (χ0v) is 22.5. The molecule has 0 bridgehead atoms. The van der Waals surface area contributed by atoms with Crippen molar-refractivity contribution in [3.63, 3.8) is 0 Å². The Morgan fingerprint density at radius 1 is 1.03 bits per heavy atom. The third-order valence-electron chi connectivity index (χ3n) is 6.90. The van der Waals surface area contributed by atoms with Crippen LogP contribution >= 0.6 is 11.3 Å². The molecule has 35 heavy (non-hydrogen) atoms. The number of thiophene rings is 1. The van der Waals surface area contributed by atoms with Gasteiger partial charge in [-0.25, -0.2) is 0 Å². The fourth-order valence-corrected chi connectivity index (χ4v) is 5.56. The van der Waals surface area contributed by atoms with E-state index in [1.54, 1.807) is 25.6 Å². The molecule has 6 nitrogen and oxygen atoms in total. The van der Waals surface area contributed by atoms with Crippen molar-refractivity contribution < 1.29 is 19.1 Å². The lowest BCUT2D eigenvalue weighted by molar-refractivity contribution is -0.143. The molecule has 0 N–H and O–H groups in total. The molecule has 0 spiro atoms. The van der Waals surface area contributed by atoms with Gasteiger partial charge in [0, 0.05) is 23.9 Å². The average molecular weight is 501 g/mol. The summed E-state index contributed by atoms with van der Waals surface area (Å²) in [4.78, 5) is 31.8. The van der Waals surface area contributed by atoms with Gasteiger partial charge in [-0.3, -0.25) is 9.59 Å². The second-order valence-electron chi connectivity index (χ2n) is 9.38. The highest BCUT2D eigenvalue weighted by atomic mass is 32.1. The molecule has 2 aromatic rings. The number of carbonyl (C=O) groups excluding carboxylic acids is 2. The van der Waals surface area contributed by atoms with E-state index in [0.29, 0.717) is 37.6 Å². The first-order chi connectivity index (χ1) is 17.0. The Morgan fingerprint density at radius 2 is 1.77 bits per heavy atom. The Bertz CT molecular complexity index is 968. The number of hydrogen-bond donors (Lipinski definition) is 0. The Hall–Kier alpha value is -2.54. The first-order valence-corrected chi connectivity index (χ1v) is 13.6. The summed E-state index contributed by atoms with van der Waals surface area (Å²) in [5.41, 5.74) is 2.28. The number of unbranched alkanes of at least 4 members (excludes halogenated alkanes) is 1. The summed E-state index contributed by atoms with van der Waals surface area (Å²) in [6.07, 6.45) is 6.74. The molecule has 0 saturated heterocycles. The standard InChI is InChI=1S/C28H40N2O4S/c1-5-6-15-30(28(32)23-9-7-8-10-23)20-27(31)29(19-26-21(2)14-17-35-26)16-13-22-11-12-24(33-3)25(18-22)34-4/h11-12,14,17-18,23H,5-10,13,15-16,19-20H2,1-4H3. The number of ether oxygens (including phenoxy) is 2. The minimum Gasteiger partial charge on any atom is -0.493 e. The molecule has 2 amide bonds. The lowest BCUT2D eigenvalue weighted by atomic mass is 10.1. The molecule has 0 unspecified atom stereocenters. The molecule has 3 rings (SSSR count). The predicted octanol–water partition coefficient (Wildman–Crippen LogP) is 5.46. The highest BCUT2D eigenvalue weighted by Crippen LogP contribution is 2.29. The summed E-state index contributed by atoms with van der Waals surface area (Å²) in [6.45, 7) is 6.15. The summed E-state index contributed by atoms with van der Waals surface area (Å²) < 4.78 is 10.8. The van der Waals surface area contributed by atoms with E-state index in [0.717, 1.165) is 44.1 Å². The van der Waals surface area contributed by atoms with E-state index in [1.807, 2.05) is 28.0 Å². The maximum absolute atomic E-state index is 13.6. The van der Waals surface area contributed by atoms with Crippen molar-refractivity contribution in [2.24, 2.45) is 5.92 Å². The second kappa shape index (κ2) is 13.5. The highest BCUT2D eigenvalue weighted by molar-refractivity contribution is 7.10. The van der Waals surface area contributed by atoms with E-state index in [9.17, 15) is 9.59 Å². The van der Waals surface area contributed by atoms with Gasteiger partial charge in [0.05, 0.1) is 27.3 Å². The molecule has 1 aromatic heterocycles. The van der Waals surface area contributed by atoms with Crippen LogP contribution in [0.3, 0.4) is 0 Å². The summed E-state index contributed by atoms with van der Waals surface area (Å²) in [6, 6.07) is 7.97. The number of benzene rings is 1. The molecular weight excluding hydrogens is 460 g/mol. The van der Waals surface area contributed by atoms with E-state index in [-0.39, 0.29) is 24.3 Å². The predicted molar refractivity (Wildman–Crippen MR) is 141 cm³/mol. The molecule has 0 atom stereocenters. The van der Waals surface area contributed by atoms with Crippen LogP contribution in [-0.4, -0.2) is 55.5 Å². The van der Waals surface area contributed by atoms with Gasteiger partial charge in [0.15, 0.2) is 11.5 Å². The lowest BCUT2D eigenvalue weighted by Crippen LogP contribution is -2.45. The quantitative estimate of drug-likeness (QED) is 0.366. The van der Waals surface area contributed by atoms with Gasteiger partial charge < -0.3 is 19.3 Å². The normalized spacial score (nSPS) is 13.6. The summed E-state index contributed by atoms with van der Waals surface area (Å²) in [7, 11) is 3.25. The Labute approximate surface area is 214 Å². The van der Waals surface area contributed by atoms with Crippen LogP contribution < -0.4 is 9.47 Å². The third-order valence-corrected chi connectivity index (χ3v) is 7.91. The zero-order chi connectivity index (χ0) is 25.2. The van der Waals surface area contributed by atoms with E-state index >= 15 is 0 Å². The van der Waals surface area contributed by atoms with Crippen LogP contribution in [0.25, 0.3) is 0 Å². The summed E-state index contributed by atoms with van der Waals surface area (Å²) >= 11 is 1.68. The van der Waals surface area contributed by atoms with Crippen LogP contribution in [0.1, 0.15) is 61.5 Å². The maximum Gasteiger partial charge on any atom is 0.242 e. The van der Waals surface area contributed by atoms with Crippen LogP contribution in [0, 0.1) is 12.8 Å². The van der Waals surface area contributed by atoms with Crippen molar-refractivity contribution in [2.75, 3.05) is 33.9 Å². The molecule has 0 aliphatic heterocycles. The summed E-state index contributed by atoms with van der Waals surface area (Å²) in [5, 5.41) is 2.07. The number of rotatable bonds is 13. The van der Waals surface area contributed by atoms with Crippen molar-refractivity contribution in [1.82, 2.24) is 9.80 Å². The van der Waals surface area contributed by atoms with Crippen LogP contribution in [0.15, 0.2) is 29.6 Å². The minimum atomic E-state index is 0.0146. The average Bonchev–Trinajstić information content (AvgIpc) is 3.55. The zero-order valence-electron chi connectivity index (χ0n) is 21.7. The Balaban J connectivity index is 1.74. The highest BCUT2D eigenvalue weighted by Gasteiger charge is 2.29. The second-order valence-corrected chi connectivity index (χ2v) is 10.4. The molecule has 192 valence electrons. The minimum absolute atomic E-state index is 0.0146. The third kappa shape index (κ3) is 7.47. The number of hydrogen-bond acceptors (Lipinski definition) is 5. The van der Waals surface area contributed by atoms with Crippen LogP contribution in [0.4, 0.5) is 0 Å². The number of carbonyl (C=O) groups is 2. The van der Waals surface area contributed by atoms with Gasteiger partial charge in [0.1, 0.15) is 0 Å². The first kappa shape index (κ1) is 27.1. The SMILES string of the molecule is CCCCN(CC(=O)N(CCc1ccc(OC)c(OC)c1)Cc1sccc1C)C(=O)C1CCCC1. The Kier molecular flexibility index (Phi) is 10.5. The van der Waals surface area contributed by atoms with Gasteiger partial charge in [0.2, 0.25) is 11.8 Å². The van der Waals surface area contributed by atoms with Crippen LogP contribution in [0.5, 0.6) is 11.5 Å². The molecule has 1 aromatic carbocycles. The van der Waals surface area contributed by atoms with Crippen molar-refractivity contribution in [2.45, 2.75) is 65.3 Å². The van der Waals surface area contributed by atoms with Gasteiger partial charge in [-0.05, 0) is 67.3 Å². The molecule has 1 aliphatic rings.